The van der Waals surface area contributed by atoms with Gasteiger partial charge in [-0.1, -0.05) is 19.3 Å². The maximum absolute atomic E-state index is 12.3. The van der Waals surface area contributed by atoms with Crippen molar-refractivity contribution >= 4 is 25.2 Å². The van der Waals surface area contributed by atoms with Gasteiger partial charge in [-0.2, -0.15) is 0 Å². The van der Waals surface area contributed by atoms with Crippen LogP contribution in [0.4, 0.5) is 0 Å². The molecule has 10 nitrogen and oxygen atoms in total. The zero-order valence-corrected chi connectivity index (χ0v) is 17.8. The van der Waals surface area contributed by atoms with Crippen LogP contribution in [0.1, 0.15) is 51.9 Å². The maximum atomic E-state index is 12.3. The second-order valence-electron chi connectivity index (χ2n) is 7.89. The molecule has 1 rings (SSSR count). The SMILES string of the molecule is CC(NC(=O)C(N)CCC(=O)NCC(O)CP(=O)(O)CC1CCCCC1)C(=O)O. The molecule has 0 aromatic heterocycles. The molecule has 0 heterocycles. The lowest BCUT2D eigenvalue weighted by Gasteiger charge is -2.25. The highest BCUT2D eigenvalue weighted by molar-refractivity contribution is 7.58. The molecular weight excluding hydrogens is 401 g/mol. The van der Waals surface area contributed by atoms with Crippen LogP contribution >= 0.6 is 7.37 Å². The van der Waals surface area contributed by atoms with Gasteiger partial charge >= 0.3 is 5.97 Å². The van der Waals surface area contributed by atoms with Gasteiger partial charge in [-0.15, -0.1) is 0 Å². The minimum Gasteiger partial charge on any atom is -0.480 e. The molecule has 29 heavy (non-hydrogen) atoms. The lowest BCUT2D eigenvalue weighted by atomic mass is 9.91. The highest BCUT2D eigenvalue weighted by atomic mass is 31.2. The first-order valence-electron chi connectivity index (χ1n) is 10.0. The van der Waals surface area contributed by atoms with Gasteiger partial charge in [-0.3, -0.25) is 18.9 Å². The van der Waals surface area contributed by atoms with E-state index in [4.69, 9.17) is 10.8 Å². The standard InChI is InChI=1S/C18H34N3O7P/c1-12(18(25)26)21-17(24)15(19)7-8-16(23)20-9-14(22)11-29(27,28)10-13-5-3-2-4-6-13/h12-15,22H,2-11,19H2,1H3,(H,20,23)(H,21,24)(H,25,26)(H,27,28). The number of amides is 2. The lowest BCUT2D eigenvalue weighted by Crippen LogP contribution is -2.47. The maximum Gasteiger partial charge on any atom is 0.325 e. The monoisotopic (exact) mass is 435 g/mol. The number of nitrogens with two attached hydrogens (primary N) is 1. The van der Waals surface area contributed by atoms with Crippen molar-refractivity contribution < 1.29 is 34.1 Å². The van der Waals surface area contributed by atoms with Gasteiger partial charge < -0.3 is 31.5 Å². The molecular formula is C18H34N3O7P. The zero-order valence-electron chi connectivity index (χ0n) is 16.9. The normalized spacial score (nSPS) is 20.1. The molecule has 11 heteroatoms. The quantitative estimate of drug-likeness (QED) is 0.232. The summed E-state index contributed by atoms with van der Waals surface area (Å²) in [4.78, 5) is 44.4. The summed E-state index contributed by atoms with van der Waals surface area (Å²) in [5.74, 6) is -2.10. The van der Waals surface area contributed by atoms with Crippen LogP contribution in [0.25, 0.3) is 0 Å². The van der Waals surface area contributed by atoms with E-state index in [0.717, 1.165) is 32.1 Å². The van der Waals surface area contributed by atoms with Crippen molar-refractivity contribution in [1.29, 1.82) is 0 Å². The van der Waals surface area contributed by atoms with Crippen LogP contribution in [-0.2, 0) is 18.9 Å². The number of aliphatic carboxylic acids is 1. The summed E-state index contributed by atoms with van der Waals surface area (Å²) >= 11 is 0. The van der Waals surface area contributed by atoms with Crippen LogP contribution in [0.15, 0.2) is 0 Å². The third kappa shape index (κ3) is 10.7. The number of aliphatic hydroxyl groups is 1. The first-order valence-corrected chi connectivity index (χ1v) is 12.1. The predicted molar refractivity (Wildman–Crippen MR) is 108 cm³/mol. The van der Waals surface area contributed by atoms with E-state index in [9.17, 15) is 28.9 Å². The van der Waals surface area contributed by atoms with Crippen LogP contribution in [0.5, 0.6) is 0 Å². The van der Waals surface area contributed by atoms with Crippen molar-refractivity contribution in [2.75, 3.05) is 18.9 Å². The summed E-state index contributed by atoms with van der Waals surface area (Å²) in [5, 5.41) is 23.4. The molecule has 0 aromatic carbocycles. The Labute approximate surface area is 171 Å². The third-order valence-corrected chi connectivity index (χ3v) is 7.13. The Bertz CT molecular complexity index is 610. The van der Waals surface area contributed by atoms with Crippen LogP contribution in [0.3, 0.4) is 0 Å². The average Bonchev–Trinajstić information content (AvgIpc) is 2.64. The molecule has 1 fully saturated rings. The van der Waals surface area contributed by atoms with Crippen molar-refractivity contribution in [2.45, 2.75) is 70.1 Å². The summed E-state index contributed by atoms with van der Waals surface area (Å²) < 4.78 is 12.3. The number of carboxylic acid groups (broad SMARTS) is 1. The number of aliphatic hydroxyl groups excluding tert-OH is 1. The Morgan fingerprint density at radius 3 is 2.41 bits per heavy atom. The molecule has 0 bridgehead atoms. The van der Waals surface area contributed by atoms with Gasteiger partial charge in [0, 0.05) is 19.1 Å². The summed E-state index contributed by atoms with van der Waals surface area (Å²) in [7, 11) is -3.47. The lowest BCUT2D eigenvalue weighted by molar-refractivity contribution is -0.141. The molecule has 4 atom stereocenters. The molecule has 1 aliphatic rings. The Kier molecular flexibility index (Phi) is 10.8. The minimum absolute atomic E-state index is 0.000272. The van der Waals surface area contributed by atoms with Crippen LogP contribution in [-0.4, -0.2) is 69.9 Å². The predicted octanol–water partition coefficient (Wildman–Crippen LogP) is 0.0110. The average molecular weight is 435 g/mol. The molecule has 2 amide bonds. The zero-order chi connectivity index (χ0) is 22.0. The second-order valence-corrected chi connectivity index (χ2v) is 10.3. The number of rotatable bonds is 12. The van der Waals surface area contributed by atoms with Gasteiger partial charge in [0.25, 0.3) is 0 Å². The molecule has 0 aliphatic heterocycles. The van der Waals surface area contributed by atoms with E-state index in [0.29, 0.717) is 0 Å². The smallest absolute Gasteiger partial charge is 0.325 e. The van der Waals surface area contributed by atoms with Gasteiger partial charge in [-0.05, 0) is 32.1 Å². The van der Waals surface area contributed by atoms with Gasteiger partial charge in [0.15, 0.2) is 0 Å². The summed E-state index contributed by atoms with van der Waals surface area (Å²) in [6.45, 7) is 1.14. The minimum atomic E-state index is -3.47. The summed E-state index contributed by atoms with van der Waals surface area (Å²) in [6.07, 6.45) is 3.89. The van der Waals surface area contributed by atoms with Crippen LogP contribution < -0.4 is 16.4 Å². The molecule has 0 radical (unpaired) electrons. The Morgan fingerprint density at radius 2 is 1.83 bits per heavy atom. The van der Waals surface area contributed by atoms with E-state index < -0.39 is 43.3 Å². The Balaban J connectivity index is 2.27. The van der Waals surface area contributed by atoms with Gasteiger partial charge in [0.05, 0.1) is 18.3 Å². The van der Waals surface area contributed by atoms with Crippen molar-refractivity contribution in [3.63, 3.8) is 0 Å². The molecule has 7 N–H and O–H groups in total. The van der Waals surface area contributed by atoms with E-state index in [-0.39, 0.29) is 37.6 Å². The third-order valence-electron chi connectivity index (χ3n) is 5.05. The van der Waals surface area contributed by atoms with E-state index in [2.05, 4.69) is 10.6 Å². The summed E-state index contributed by atoms with van der Waals surface area (Å²) in [5.41, 5.74) is 5.64. The topological polar surface area (TPSA) is 179 Å². The number of hydrogen-bond acceptors (Lipinski definition) is 6. The molecule has 1 aliphatic carbocycles. The first kappa shape index (κ1) is 25.6. The number of carbonyl (C=O) groups is 3. The van der Waals surface area contributed by atoms with E-state index in [1.165, 1.54) is 6.92 Å². The first-order chi connectivity index (χ1) is 13.5. The highest BCUT2D eigenvalue weighted by Crippen LogP contribution is 2.45. The summed E-state index contributed by atoms with van der Waals surface area (Å²) in [6, 6.07) is -2.12. The van der Waals surface area contributed by atoms with Crippen molar-refractivity contribution in [3.8, 4) is 0 Å². The van der Waals surface area contributed by atoms with E-state index in [1.54, 1.807) is 0 Å². The van der Waals surface area contributed by atoms with E-state index in [1.807, 2.05) is 0 Å². The van der Waals surface area contributed by atoms with Gasteiger partial charge in [-0.25, -0.2) is 0 Å². The molecule has 0 spiro atoms. The Hall–Kier alpha value is -1.48. The largest absolute Gasteiger partial charge is 0.480 e. The van der Waals surface area contributed by atoms with Crippen molar-refractivity contribution in [2.24, 2.45) is 11.7 Å². The van der Waals surface area contributed by atoms with Crippen molar-refractivity contribution in [1.82, 2.24) is 10.6 Å². The number of nitrogens with one attached hydrogen (secondary N) is 2. The molecule has 4 unspecified atom stereocenters. The van der Waals surface area contributed by atoms with Crippen molar-refractivity contribution in [3.05, 3.63) is 0 Å². The molecule has 0 aromatic rings. The van der Waals surface area contributed by atoms with Gasteiger partial charge in [0.1, 0.15) is 6.04 Å². The highest BCUT2D eigenvalue weighted by Gasteiger charge is 2.28. The fourth-order valence-electron chi connectivity index (χ4n) is 3.36. The second kappa shape index (κ2) is 12.3. The Morgan fingerprint density at radius 1 is 1.21 bits per heavy atom. The molecule has 1 saturated carbocycles. The fourth-order valence-corrected chi connectivity index (χ4v) is 5.47. The van der Waals surface area contributed by atoms with Gasteiger partial charge in [0.2, 0.25) is 19.2 Å². The number of carbonyl (C=O) groups excluding carboxylic acids is 2. The van der Waals surface area contributed by atoms with Crippen LogP contribution in [0.2, 0.25) is 0 Å². The van der Waals surface area contributed by atoms with E-state index >= 15 is 0 Å². The number of carboxylic acids is 1. The number of hydrogen-bond donors (Lipinski definition) is 6. The molecule has 0 saturated heterocycles. The fraction of sp³-hybridized carbons (Fsp3) is 0.833. The van der Waals surface area contributed by atoms with Crippen LogP contribution in [0, 0.1) is 5.92 Å². The molecule has 168 valence electrons.